The Morgan fingerprint density at radius 1 is 1.53 bits per heavy atom. The molecule has 0 saturated carbocycles. The number of aliphatic hydroxyl groups is 1. The van der Waals surface area contributed by atoms with Crippen molar-refractivity contribution >= 4 is 0 Å². The van der Waals surface area contributed by atoms with Crippen molar-refractivity contribution in [3.8, 4) is 0 Å². The molecule has 86 valence electrons. The third-order valence-corrected chi connectivity index (χ3v) is 3.65. The van der Waals surface area contributed by atoms with Crippen LogP contribution in [0.1, 0.15) is 52.9 Å². The van der Waals surface area contributed by atoms with Crippen LogP contribution >= 0.6 is 0 Å². The molecule has 1 N–H and O–H groups in total. The smallest absolute Gasteiger partial charge is 0.0721 e. The fourth-order valence-electron chi connectivity index (χ4n) is 2.64. The van der Waals surface area contributed by atoms with E-state index in [1.807, 2.05) is 0 Å². The molecule has 1 atom stereocenters. The van der Waals surface area contributed by atoms with E-state index in [4.69, 9.17) is 0 Å². The van der Waals surface area contributed by atoms with Crippen LogP contribution in [0.3, 0.4) is 0 Å². The molecule has 0 bridgehead atoms. The second-order valence-electron chi connectivity index (χ2n) is 5.34. The second kappa shape index (κ2) is 4.98. The van der Waals surface area contributed by atoms with Crippen molar-refractivity contribution in [2.24, 2.45) is 5.41 Å². The van der Waals surface area contributed by atoms with E-state index in [-0.39, 0.29) is 6.10 Å². The Balaban J connectivity index is 2.68. The lowest BCUT2D eigenvalue weighted by molar-refractivity contribution is 0.208. The number of hydrogen-bond donors (Lipinski definition) is 1. The molecule has 1 heteroatoms. The van der Waals surface area contributed by atoms with Crippen molar-refractivity contribution in [2.75, 3.05) is 0 Å². The van der Waals surface area contributed by atoms with E-state index in [0.717, 1.165) is 12.8 Å². The summed E-state index contributed by atoms with van der Waals surface area (Å²) in [6.07, 6.45) is 6.96. The van der Waals surface area contributed by atoms with Gasteiger partial charge in [-0.05, 0) is 44.4 Å². The molecule has 1 nitrogen and oxygen atoms in total. The van der Waals surface area contributed by atoms with Gasteiger partial charge in [0.1, 0.15) is 0 Å². The molecule has 1 aliphatic rings. The summed E-state index contributed by atoms with van der Waals surface area (Å²) in [5.41, 5.74) is 3.45. The zero-order chi connectivity index (χ0) is 11.5. The van der Waals surface area contributed by atoms with Gasteiger partial charge in [-0.1, -0.05) is 31.1 Å². The predicted octanol–water partition coefficient (Wildman–Crippen LogP) is 3.84. The van der Waals surface area contributed by atoms with Crippen LogP contribution in [-0.2, 0) is 0 Å². The van der Waals surface area contributed by atoms with Crippen LogP contribution in [0.15, 0.2) is 23.8 Å². The molecule has 0 aromatic rings. The molecule has 0 saturated heterocycles. The monoisotopic (exact) mass is 208 g/mol. The topological polar surface area (TPSA) is 20.2 Å². The van der Waals surface area contributed by atoms with E-state index >= 15 is 0 Å². The first kappa shape index (κ1) is 12.5. The highest BCUT2D eigenvalue weighted by Gasteiger charge is 2.27. The Morgan fingerprint density at radius 2 is 2.20 bits per heavy atom. The average molecular weight is 208 g/mol. The van der Waals surface area contributed by atoms with Gasteiger partial charge >= 0.3 is 0 Å². The summed E-state index contributed by atoms with van der Waals surface area (Å²) in [5, 5.41) is 9.50. The normalized spacial score (nSPS) is 22.7. The largest absolute Gasteiger partial charge is 0.389 e. The summed E-state index contributed by atoms with van der Waals surface area (Å²) >= 11 is 0. The van der Waals surface area contributed by atoms with Gasteiger partial charge in [0.15, 0.2) is 0 Å². The van der Waals surface area contributed by atoms with Crippen LogP contribution in [0.25, 0.3) is 0 Å². The summed E-state index contributed by atoms with van der Waals surface area (Å²) in [5.74, 6) is 0. The zero-order valence-electron chi connectivity index (χ0n) is 10.3. The van der Waals surface area contributed by atoms with Gasteiger partial charge in [-0.2, -0.15) is 0 Å². The van der Waals surface area contributed by atoms with Crippen LogP contribution in [0.4, 0.5) is 0 Å². The average Bonchev–Trinajstić information content (AvgIpc) is 2.15. The van der Waals surface area contributed by atoms with Crippen molar-refractivity contribution in [3.05, 3.63) is 23.8 Å². The van der Waals surface area contributed by atoms with E-state index in [2.05, 4.69) is 27.4 Å². The van der Waals surface area contributed by atoms with Crippen LogP contribution in [0.5, 0.6) is 0 Å². The number of aliphatic hydroxyl groups excluding tert-OH is 1. The lowest BCUT2D eigenvalue weighted by atomic mass is 9.71. The first-order valence-corrected chi connectivity index (χ1v) is 5.97. The maximum Gasteiger partial charge on any atom is 0.0721 e. The Hall–Kier alpha value is -0.560. The Kier molecular flexibility index (Phi) is 4.15. The van der Waals surface area contributed by atoms with E-state index in [1.54, 1.807) is 17.2 Å². The summed E-state index contributed by atoms with van der Waals surface area (Å²) in [4.78, 5) is 0. The molecule has 0 amide bonds. The highest BCUT2D eigenvalue weighted by molar-refractivity contribution is 5.22. The van der Waals surface area contributed by atoms with Gasteiger partial charge in [-0.25, -0.2) is 0 Å². The van der Waals surface area contributed by atoms with Gasteiger partial charge < -0.3 is 5.11 Å². The van der Waals surface area contributed by atoms with Gasteiger partial charge in [0.25, 0.3) is 0 Å². The molecule has 1 aliphatic carbocycles. The number of hydrogen-bond acceptors (Lipinski definition) is 1. The molecule has 1 unspecified atom stereocenters. The molecular formula is C14H24O. The quantitative estimate of drug-likeness (QED) is 0.696. The van der Waals surface area contributed by atoms with Gasteiger partial charge in [-0.3, -0.25) is 0 Å². The molecule has 0 aromatic carbocycles. The lowest BCUT2D eigenvalue weighted by Crippen LogP contribution is -2.21. The molecule has 0 aromatic heterocycles. The molecule has 0 aliphatic heterocycles. The molecular weight excluding hydrogens is 184 g/mol. The summed E-state index contributed by atoms with van der Waals surface area (Å²) in [7, 11) is 0. The van der Waals surface area contributed by atoms with E-state index in [1.165, 1.54) is 19.3 Å². The SMILES string of the molecule is C=CC(O)CCC1=C(C)CCCC1(C)C. The van der Waals surface area contributed by atoms with E-state index < -0.39 is 0 Å². The van der Waals surface area contributed by atoms with Gasteiger partial charge in [0.2, 0.25) is 0 Å². The number of allylic oxidation sites excluding steroid dienone is 2. The molecule has 0 radical (unpaired) electrons. The van der Waals surface area contributed by atoms with Crippen LogP contribution in [0, 0.1) is 5.41 Å². The zero-order valence-corrected chi connectivity index (χ0v) is 10.3. The van der Waals surface area contributed by atoms with Crippen molar-refractivity contribution in [1.29, 1.82) is 0 Å². The maximum atomic E-state index is 9.50. The standard InChI is InChI=1S/C14H24O/c1-5-12(15)8-9-13-11(2)7-6-10-14(13,3)4/h5,12,15H,1,6-10H2,2-4H3. The van der Waals surface area contributed by atoms with Crippen molar-refractivity contribution < 1.29 is 5.11 Å². The van der Waals surface area contributed by atoms with Gasteiger partial charge in [0, 0.05) is 0 Å². The third kappa shape index (κ3) is 3.20. The molecule has 1 rings (SSSR count). The van der Waals surface area contributed by atoms with Gasteiger partial charge in [0.05, 0.1) is 6.10 Å². The van der Waals surface area contributed by atoms with Crippen molar-refractivity contribution in [3.63, 3.8) is 0 Å². The van der Waals surface area contributed by atoms with Gasteiger partial charge in [-0.15, -0.1) is 6.58 Å². The molecule has 0 fully saturated rings. The Labute approximate surface area is 93.9 Å². The highest BCUT2D eigenvalue weighted by Crippen LogP contribution is 2.42. The maximum absolute atomic E-state index is 9.50. The van der Waals surface area contributed by atoms with Crippen LogP contribution in [-0.4, -0.2) is 11.2 Å². The first-order chi connectivity index (χ1) is 6.97. The van der Waals surface area contributed by atoms with E-state index in [0.29, 0.717) is 5.41 Å². The lowest BCUT2D eigenvalue weighted by Gasteiger charge is -2.35. The minimum absolute atomic E-state index is 0.337. The number of rotatable bonds is 4. The fourth-order valence-corrected chi connectivity index (χ4v) is 2.64. The highest BCUT2D eigenvalue weighted by atomic mass is 16.3. The fraction of sp³-hybridized carbons (Fsp3) is 0.714. The van der Waals surface area contributed by atoms with Crippen molar-refractivity contribution in [2.45, 2.75) is 59.0 Å². The molecule has 0 heterocycles. The minimum Gasteiger partial charge on any atom is -0.389 e. The minimum atomic E-state index is -0.344. The molecule has 0 spiro atoms. The van der Waals surface area contributed by atoms with E-state index in [9.17, 15) is 5.11 Å². The third-order valence-electron chi connectivity index (χ3n) is 3.65. The Bertz CT molecular complexity index is 261. The summed E-state index contributed by atoms with van der Waals surface area (Å²) < 4.78 is 0. The molecule has 15 heavy (non-hydrogen) atoms. The summed E-state index contributed by atoms with van der Waals surface area (Å²) in [6.45, 7) is 10.5. The van der Waals surface area contributed by atoms with Crippen LogP contribution in [0.2, 0.25) is 0 Å². The van der Waals surface area contributed by atoms with Crippen molar-refractivity contribution in [1.82, 2.24) is 0 Å². The predicted molar refractivity (Wildman–Crippen MR) is 65.8 cm³/mol. The summed E-state index contributed by atoms with van der Waals surface area (Å²) in [6, 6.07) is 0. The first-order valence-electron chi connectivity index (χ1n) is 5.97. The Morgan fingerprint density at radius 3 is 2.73 bits per heavy atom. The van der Waals surface area contributed by atoms with Crippen LogP contribution < -0.4 is 0 Å². The second-order valence-corrected chi connectivity index (χ2v) is 5.34.